The smallest absolute Gasteiger partial charge is 0.216 e. The molecule has 1 aromatic carbocycles. The van der Waals surface area contributed by atoms with Gasteiger partial charge >= 0.3 is 0 Å². The summed E-state index contributed by atoms with van der Waals surface area (Å²) >= 11 is 0. The molecular formula is C16H25NO5S. The van der Waals surface area contributed by atoms with Gasteiger partial charge in [-0.15, -0.1) is 0 Å². The van der Waals surface area contributed by atoms with Gasteiger partial charge in [-0.1, -0.05) is 18.2 Å². The number of para-hydroxylation sites is 1. The number of piperidine rings is 1. The van der Waals surface area contributed by atoms with Crippen LogP contribution in [0.5, 0.6) is 5.75 Å². The highest BCUT2D eigenvalue weighted by Crippen LogP contribution is 2.20. The standard InChI is InChI=1S/C16H25NO5S/c1-20-10-11-21-12-13-23(18,19)17-9-5-8-16(14-17)22-15-6-3-2-4-7-15/h2-4,6-7,16H,5,8-14H2,1H3. The number of hydrogen-bond acceptors (Lipinski definition) is 5. The van der Waals surface area contributed by atoms with E-state index < -0.39 is 10.0 Å². The highest BCUT2D eigenvalue weighted by atomic mass is 32.2. The third-order valence-corrected chi connectivity index (χ3v) is 5.50. The molecule has 130 valence electrons. The number of nitrogens with zero attached hydrogens (tertiary/aromatic N) is 1. The first-order valence-corrected chi connectivity index (χ1v) is 9.49. The number of benzene rings is 1. The quantitative estimate of drug-likeness (QED) is 0.636. The van der Waals surface area contributed by atoms with Gasteiger partial charge in [-0.05, 0) is 25.0 Å². The molecule has 7 heteroatoms. The number of rotatable bonds is 9. The van der Waals surface area contributed by atoms with Crippen molar-refractivity contribution in [3.05, 3.63) is 30.3 Å². The van der Waals surface area contributed by atoms with Gasteiger partial charge in [0.25, 0.3) is 0 Å². The van der Waals surface area contributed by atoms with E-state index in [1.807, 2.05) is 30.3 Å². The zero-order valence-corrected chi connectivity index (χ0v) is 14.3. The van der Waals surface area contributed by atoms with Gasteiger partial charge in [0.05, 0.1) is 32.1 Å². The minimum absolute atomic E-state index is 0.00519. The topological polar surface area (TPSA) is 65.1 Å². The van der Waals surface area contributed by atoms with Gasteiger partial charge in [0.1, 0.15) is 11.9 Å². The third kappa shape index (κ3) is 6.10. The van der Waals surface area contributed by atoms with Crippen LogP contribution in [-0.4, -0.2) is 64.6 Å². The Morgan fingerprint density at radius 2 is 1.96 bits per heavy atom. The molecule has 0 spiro atoms. The van der Waals surface area contributed by atoms with Crippen LogP contribution in [0.2, 0.25) is 0 Å². The van der Waals surface area contributed by atoms with Gasteiger partial charge in [-0.2, -0.15) is 4.31 Å². The van der Waals surface area contributed by atoms with E-state index >= 15 is 0 Å². The first kappa shape index (κ1) is 18.2. The summed E-state index contributed by atoms with van der Waals surface area (Å²) in [6.07, 6.45) is 1.57. The summed E-state index contributed by atoms with van der Waals surface area (Å²) in [6.45, 7) is 2.01. The van der Waals surface area contributed by atoms with Crippen molar-refractivity contribution in [2.24, 2.45) is 0 Å². The molecule has 1 unspecified atom stereocenters. The molecule has 0 saturated carbocycles. The summed E-state index contributed by atoms with van der Waals surface area (Å²) in [6, 6.07) is 9.51. The summed E-state index contributed by atoms with van der Waals surface area (Å²) in [5, 5.41) is 0. The molecule has 1 saturated heterocycles. The first-order chi connectivity index (χ1) is 11.1. The second kappa shape index (κ2) is 9.22. The molecule has 1 heterocycles. The summed E-state index contributed by atoms with van der Waals surface area (Å²) < 4.78 is 42.3. The average molecular weight is 343 g/mol. The Balaban J connectivity index is 1.82. The molecule has 0 aromatic heterocycles. The van der Waals surface area contributed by atoms with E-state index in [2.05, 4.69) is 0 Å². The maximum atomic E-state index is 12.4. The van der Waals surface area contributed by atoms with Crippen LogP contribution in [-0.2, 0) is 19.5 Å². The molecule has 0 amide bonds. The van der Waals surface area contributed by atoms with Gasteiger partial charge in [0.2, 0.25) is 10.0 Å². The van der Waals surface area contributed by atoms with Gasteiger partial charge in [0.15, 0.2) is 0 Å². The maximum Gasteiger partial charge on any atom is 0.216 e. The van der Waals surface area contributed by atoms with Gasteiger partial charge < -0.3 is 14.2 Å². The Hall–Kier alpha value is -1.15. The van der Waals surface area contributed by atoms with Crippen molar-refractivity contribution >= 4 is 10.0 Å². The predicted molar refractivity (Wildman–Crippen MR) is 88.1 cm³/mol. The SMILES string of the molecule is COCCOCCS(=O)(=O)N1CCCC(Oc2ccccc2)C1. The second-order valence-corrected chi connectivity index (χ2v) is 7.56. The van der Waals surface area contributed by atoms with Crippen molar-refractivity contribution in [2.45, 2.75) is 18.9 Å². The maximum absolute atomic E-state index is 12.4. The molecule has 0 radical (unpaired) electrons. The molecule has 23 heavy (non-hydrogen) atoms. The summed E-state index contributed by atoms with van der Waals surface area (Å²) in [5.74, 6) is 0.772. The summed E-state index contributed by atoms with van der Waals surface area (Å²) in [7, 11) is -1.72. The van der Waals surface area contributed by atoms with Crippen LogP contribution in [0.3, 0.4) is 0 Å². The van der Waals surface area contributed by atoms with E-state index in [9.17, 15) is 8.42 Å². The van der Waals surface area contributed by atoms with Crippen LogP contribution in [0.25, 0.3) is 0 Å². The second-order valence-electron chi connectivity index (χ2n) is 5.47. The zero-order valence-electron chi connectivity index (χ0n) is 13.5. The Labute approximate surface area is 138 Å². The average Bonchev–Trinajstić information content (AvgIpc) is 2.56. The van der Waals surface area contributed by atoms with E-state index in [1.165, 1.54) is 4.31 Å². The van der Waals surface area contributed by atoms with E-state index in [0.29, 0.717) is 26.3 Å². The molecule has 6 nitrogen and oxygen atoms in total. The van der Waals surface area contributed by atoms with Crippen molar-refractivity contribution in [2.75, 3.05) is 45.8 Å². The van der Waals surface area contributed by atoms with Crippen molar-refractivity contribution in [1.29, 1.82) is 0 Å². The number of methoxy groups -OCH3 is 1. The van der Waals surface area contributed by atoms with Crippen LogP contribution in [0, 0.1) is 0 Å². The van der Waals surface area contributed by atoms with E-state index in [0.717, 1.165) is 18.6 Å². The monoisotopic (exact) mass is 343 g/mol. The number of hydrogen-bond donors (Lipinski definition) is 0. The molecule has 1 aromatic rings. The lowest BCUT2D eigenvalue weighted by molar-refractivity contribution is 0.0776. The lowest BCUT2D eigenvalue weighted by atomic mass is 10.1. The Morgan fingerprint density at radius 3 is 2.70 bits per heavy atom. The summed E-state index contributed by atoms with van der Waals surface area (Å²) in [4.78, 5) is 0. The molecule has 2 rings (SSSR count). The van der Waals surface area contributed by atoms with Crippen LogP contribution in [0.1, 0.15) is 12.8 Å². The normalized spacial score (nSPS) is 19.6. The molecule has 0 N–H and O–H groups in total. The fourth-order valence-corrected chi connectivity index (χ4v) is 3.87. The Morgan fingerprint density at radius 1 is 1.17 bits per heavy atom. The van der Waals surface area contributed by atoms with Gasteiger partial charge in [0, 0.05) is 13.7 Å². The molecule has 1 fully saturated rings. The van der Waals surface area contributed by atoms with Crippen LogP contribution in [0.4, 0.5) is 0 Å². The lowest BCUT2D eigenvalue weighted by Crippen LogP contribution is -2.45. The number of ether oxygens (including phenoxy) is 3. The highest BCUT2D eigenvalue weighted by Gasteiger charge is 2.29. The fourth-order valence-electron chi connectivity index (χ4n) is 2.48. The Kier molecular flexibility index (Phi) is 7.29. The molecule has 0 aliphatic carbocycles. The lowest BCUT2D eigenvalue weighted by Gasteiger charge is -2.32. The van der Waals surface area contributed by atoms with E-state index in [4.69, 9.17) is 14.2 Å². The van der Waals surface area contributed by atoms with Crippen molar-refractivity contribution in [1.82, 2.24) is 4.31 Å². The Bertz CT molecular complexity index is 549. The van der Waals surface area contributed by atoms with Gasteiger partial charge in [-0.25, -0.2) is 8.42 Å². The van der Waals surface area contributed by atoms with Crippen molar-refractivity contribution < 1.29 is 22.6 Å². The van der Waals surface area contributed by atoms with Crippen LogP contribution < -0.4 is 4.74 Å². The number of sulfonamides is 1. The molecule has 1 atom stereocenters. The van der Waals surface area contributed by atoms with E-state index in [-0.39, 0.29) is 18.5 Å². The zero-order chi connectivity index (χ0) is 16.5. The van der Waals surface area contributed by atoms with Crippen LogP contribution >= 0.6 is 0 Å². The minimum Gasteiger partial charge on any atom is -0.489 e. The highest BCUT2D eigenvalue weighted by molar-refractivity contribution is 7.89. The minimum atomic E-state index is -3.31. The van der Waals surface area contributed by atoms with Crippen molar-refractivity contribution in [3.63, 3.8) is 0 Å². The predicted octanol–water partition coefficient (Wildman–Crippen LogP) is 1.52. The largest absolute Gasteiger partial charge is 0.489 e. The molecule has 1 aliphatic rings. The first-order valence-electron chi connectivity index (χ1n) is 7.88. The molecular weight excluding hydrogens is 318 g/mol. The third-order valence-electron chi connectivity index (χ3n) is 3.70. The fraction of sp³-hybridized carbons (Fsp3) is 0.625. The van der Waals surface area contributed by atoms with Gasteiger partial charge in [-0.3, -0.25) is 0 Å². The summed E-state index contributed by atoms with van der Waals surface area (Å²) in [5.41, 5.74) is 0. The van der Waals surface area contributed by atoms with E-state index in [1.54, 1.807) is 7.11 Å². The molecule has 0 bridgehead atoms. The van der Waals surface area contributed by atoms with Crippen molar-refractivity contribution in [3.8, 4) is 5.75 Å². The van der Waals surface area contributed by atoms with Crippen LogP contribution in [0.15, 0.2) is 30.3 Å². The molecule has 1 aliphatic heterocycles.